The van der Waals surface area contributed by atoms with E-state index in [1.807, 2.05) is 0 Å². The zero-order chi connectivity index (χ0) is 23.7. The molecule has 0 atom stereocenters. The van der Waals surface area contributed by atoms with Gasteiger partial charge in [0.15, 0.2) is 11.0 Å². The number of hydrogen-bond donors (Lipinski definition) is 0. The number of nitrogens with zero attached hydrogens (tertiary/aromatic N) is 3. The molecule has 0 radical (unpaired) electrons. The minimum Gasteiger partial charge on any atom is -0.252 e. The molecular formula is C30H36N3+. The topological polar surface area (TPSA) is 21.2 Å². The molecular weight excluding hydrogens is 402 g/mol. The van der Waals surface area contributed by atoms with Crippen LogP contribution in [0.5, 0.6) is 0 Å². The van der Waals surface area contributed by atoms with Crippen LogP contribution in [0.3, 0.4) is 0 Å². The third-order valence-electron chi connectivity index (χ3n) is 6.51. The van der Waals surface area contributed by atoms with Crippen molar-refractivity contribution in [3.8, 4) is 0 Å². The number of imidazole rings is 1. The van der Waals surface area contributed by atoms with Crippen LogP contribution in [0.2, 0.25) is 0 Å². The lowest BCUT2D eigenvalue weighted by atomic mass is 9.87. The summed E-state index contributed by atoms with van der Waals surface area (Å²) < 4.78 is 4.79. The second-order valence-electron chi connectivity index (χ2n) is 12.2. The summed E-state index contributed by atoms with van der Waals surface area (Å²) in [5, 5.41) is 2.48. The van der Waals surface area contributed by atoms with Gasteiger partial charge in [-0.2, -0.15) is 4.40 Å². The van der Waals surface area contributed by atoms with Crippen molar-refractivity contribution in [1.29, 1.82) is 0 Å². The van der Waals surface area contributed by atoms with Crippen molar-refractivity contribution in [3.63, 3.8) is 0 Å². The van der Waals surface area contributed by atoms with Gasteiger partial charge in [0.1, 0.15) is 5.52 Å². The smallest absolute Gasteiger partial charge is 0.252 e. The number of hydrogen-bond acceptors (Lipinski definition) is 1. The molecule has 0 N–H and O–H groups in total. The Morgan fingerprint density at radius 2 is 1.55 bits per heavy atom. The lowest BCUT2D eigenvalue weighted by Gasteiger charge is -2.19. The molecule has 0 saturated carbocycles. The molecule has 0 unspecified atom stereocenters. The second kappa shape index (κ2) is 7.28. The van der Waals surface area contributed by atoms with Gasteiger partial charge >= 0.3 is 0 Å². The molecule has 0 aliphatic rings. The Balaban J connectivity index is 1.98. The average molecular weight is 439 g/mol. The van der Waals surface area contributed by atoms with E-state index >= 15 is 0 Å². The van der Waals surface area contributed by atoms with E-state index in [1.165, 1.54) is 49.8 Å². The Labute approximate surface area is 197 Å². The van der Waals surface area contributed by atoms with Crippen molar-refractivity contribution in [1.82, 2.24) is 9.38 Å². The van der Waals surface area contributed by atoms with Crippen molar-refractivity contribution in [3.05, 3.63) is 65.4 Å². The highest BCUT2D eigenvalue weighted by Gasteiger charge is 2.26. The average Bonchev–Trinajstić information content (AvgIpc) is 2.98. The van der Waals surface area contributed by atoms with Crippen molar-refractivity contribution >= 4 is 38.5 Å². The summed E-state index contributed by atoms with van der Waals surface area (Å²) in [5.74, 6) is 0. The number of aryl methyl sites for hydroxylation is 2. The van der Waals surface area contributed by atoms with Crippen LogP contribution >= 0.6 is 0 Å². The molecule has 0 fully saturated rings. The van der Waals surface area contributed by atoms with Crippen LogP contribution in [-0.4, -0.2) is 9.38 Å². The van der Waals surface area contributed by atoms with Gasteiger partial charge in [0, 0.05) is 11.1 Å². The molecule has 3 heterocycles. The monoisotopic (exact) mass is 438 g/mol. The number of rotatable bonds is 2. The lowest BCUT2D eigenvalue weighted by molar-refractivity contribution is -0.617. The third-order valence-corrected chi connectivity index (χ3v) is 6.51. The Kier molecular flexibility index (Phi) is 4.83. The van der Waals surface area contributed by atoms with Crippen LogP contribution in [0, 0.1) is 17.8 Å². The largest absolute Gasteiger partial charge is 0.297 e. The Morgan fingerprint density at radius 3 is 2.24 bits per heavy atom. The summed E-state index contributed by atoms with van der Waals surface area (Å²) in [5.41, 5.74) is 10.4. The Hall–Kier alpha value is -2.94. The number of fused-ring (bicyclic) bond motifs is 8. The van der Waals surface area contributed by atoms with E-state index < -0.39 is 0 Å². The molecule has 3 aromatic heterocycles. The van der Waals surface area contributed by atoms with E-state index in [1.54, 1.807) is 0 Å². The lowest BCUT2D eigenvalue weighted by Crippen LogP contribution is -2.27. The van der Waals surface area contributed by atoms with Gasteiger partial charge in [-0.3, -0.25) is 4.98 Å². The highest BCUT2D eigenvalue weighted by Crippen LogP contribution is 2.35. The first-order valence-electron chi connectivity index (χ1n) is 12.1. The molecule has 0 bridgehead atoms. The standard InChI is InChI=1S/C30H36N3/c1-19-15-21(18-30(5,6)7)31-27-22-14-13-20(17-29(2,3)4)16-25(22)33-24-12-10-9-11-23(24)32(8)28(33)26(19)27/h9-16H,17-18H2,1-8H3/q+1. The zero-order valence-corrected chi connectivity index (χ0v) is 21.4. The first kappa shape index (κ1) is 21.9. The molecule has 170 valence electrons. The normalized spacial score (nSPS) is 13.1. The van der Waals surface area contributed by atoms with Crippen LogP contribution in [0.15, 0.2) is 48.5 Å². The minimum atomic E-state index is 0.196. The molecule has 0 amide bonds. The SMILES string of the molecule is Cc1cc(CC(C)(C)C)nc2c3ccc(CC(C)(C)C)cc3n3c4ccccc4[n+](C)c3c12. The van der Waals surface area contributed by atoms with Gasteiger partial charge in [0.25, 0.3) is 5.65 Å². The summed E-state index contributed by atoms with van der Waals surface area (Å²) in [6.45, 7) is 16.0. The maximum atomic E-state index is 5.29. The van der Waals surface area contributed by atoms with Gasteiger partial charge in [-0.05, 0) is 72.1 Å². The van der Waals surface area contributed by atoms with Crippen molar-refractivity contribution in [2.45, 2.75) is 61.3 Å². The molecule has 0 aliphatic carbocycles. The molecule has 3 heteroatoms. The molecule has 33 heavy (non-hydrogen) atoms. The second-order valence-corrected chi connectivity index (χ2v) is 12.2. The zero-order valence-electron chi connectivity index (χ0n) is 21.4. The van der Waals surface area contributed by atoms with Gasteiger partial charge < -0.3 is 0 Å². The number of pyridine rings is 2. The van der Waals surface area contributed by atoms with Gasteiger partial charge in [0.05, 0.1) is 18.0 Å². The highest BCUT2D eigenvalue weighted by atomic mass is 15.1. The minimum absolute atomic E-state index is 0.196. The first-order chi connectivity index (χ1) is 15.4. The van der Waals surface area contributed by atoms with Crippen LogP contribution in [0.25, 0.3) is 38.5 Å². The third kappa shape index (κ3) is 3.78. The maximum absolute atomic E-state index is 5.29. The molecule has 0 aliphatic heterocycles. The summed E-state index contributed by atoms with van der Waals surface area (Å²) in [6, 6.07) is 18.0. The summed E-state index contributed by atoms with van der Waals surface area (Å²) in [4.78, 5) is 5.29. The van der Waals surface area contributed by atoms with Crippen LogP contribution < -0.4 is 4.57 Å². The van der Waals surface area contributed by atoms with Crippen LogP contribution in [0.4, 0.5) is 0 Å². The number of aromatic nitrogens is 3. The van der Waals surface area contributed by atoms with Crippen molar-refractivity contribution < 1.29 is 4.57 Å². The van der Waals surface area contributed by atoms with E-state index in [0.717, 1.165) is 18.4 Å². The molecule has 2 aromatic carbocycles. The van der Waals surface area contributed by atoms with Crippen LogP contribution in [0.1, 0.15) is 58.4 Å². The molecule has 0 saturated heterocycles. The quantitative estimate of drug-likeness (QED) is 0.213. The number of para-hydroxylation sites is 2. The van der Waals surface area contributed by atoms with Crippen molar-refractivity contribution in [2.24, 2.45) is 17.9 Å². The predicted octanol–water partition coefficient (Wildman–Crippen LogP) is 7.10. The molecule has 3 nitrogen and oxygen atoms in total. The Bertz CT molecular complexity index is 1540. The molecule has 5 aromatic rings. The van der Waals surface area contributed by atoms with Gasteiger partial charge in [-0.1, -0.05) is 59.7 Å². The fourth-order valence-corrected chi connectivity index (χ4v) is 5.37. The predicted molar refractivity (Wildman–Crippen MR) is 140 cm³/mol. The van der Waals surface area contributed by atoms with Crippen molar-refractivity contribution in [2.75, 3.05) is 0 Å². The van der Waals surface area contributed by atoms with Gasteiger partial charge in [-0.25, -0.2) is 4.57 Å². The first-order valence-corrected chi connectivity index (χ1v) is 12.1. The molecule has 0 spiro atoms. The number of benzene rings is 2. The van der Waals surface area contributed by atoms with E-state index in [-0.39, 0.29) is 10.8 Å². The Morgan fingerprint density at radius 1 is 0.848 bits per heavy atom. The van der Waals surface area contributed by atoms with Gasteiger partial charge in [-0.15, -0.1) is 0 Å². The summed E-state index contributed by atoms with van der Waals surface area (Å²) in [7, 11) is 2.18. The van der Waals surface area contributed by atoms with E-state index in [0.29, 0.717) is 0 Å². The fraction of sp³-hybridized carbons (Fsp3) is 0.400. The maximum Gasteiger partial charge on any atom is 0.297 e. The summed E-state index contributed by atoms with van der Waals surface area (Å²) in [6.07, 6.45) is 2.01. The van der Waals surface area contributed by atoms with E-state index in [9.17, 15) is 0 Å². The highest BCUT2D eigenvalue weighted by molar-refractivity contribution is 6.12. The van der Waals surface area contributed by atoms with Gasteiger partial charge in [0.2, 0.25) is 0 Å². The van der Waals surface area contributed by atoms with E-state index in [4.69, 9.17) is 4.98 Å². The molecule has 5 rings (SSSR count). The summed E-state index contributed by atoms with van der Waals surface area (Å²) >= 11 is 0. The fourth-order valence-electron chi connectivity index (χ4n) is 5.37. The van der Waals surface area contributed by atoms with Crippen LogP contribution in [-0.2, 0) is 19.9 Å². The van der Waals surface area contributed by atoms with E-state index in [2.05, 4.69) is 113 Å².